The van der Waals surface area contributed by atoms with Gasteiger partial charge < -0.3 is 10.5 Å². The summed E-state index contributed by atoms with van der Waals surface area (Å²) in [4.78, 5) is 0. The topological polar surface area (TPSA) is 53.1 Å². The van der Waals surface area contributed by atoms with E-state index in [4.69, 9.17) is 10.5 Å². The zero-order valence-corrected chi connectivity index (χ0v) is 12.6. The zero-order chi connectivity index (χ0) is 13.1. The van der Waals surface area contributed by atoms with Crippen molar-refractivity contribution in [2.75, 3.05) is 5.73 Å². The number of nitrogen functional groups attached to an aromatic ring is 1. The molecule has 0 spiro atoms. The van der Waals surface area contributed by atoms with Gasteiger partial charge in [0.2, 0.25) is 5.88 Å². The molecule has 18 heavy (non-hydrogen) atoms. The van der Waals surface area contributed by atoms with Gasteiger partial charge in [0.05, 0.1) is 9.26 Å². The number of aromatic nitrogens is 2. The minimum absolute atomic E-state index is 0.613. The molecule has 0 saturated carbocycles. The normalized spacial score (nSPS) is 10.6. The number of rotatable bonds is 4. The Balaban J connectivity index is 2.32. The quantitative estimate of drug-likeness (QED) is 0.854. The number of ether oxygens (including phenoxy) is 1. The van der Waals surface area contributed by atoms with E-state index in [0.29, 0.717) is 11.6 Å². The first-order valence-corrected chi connectivity index (χ1v) is 6.95. The van der Waals surface area contributed by atoms with Gasteiger partial charge in [-0.1, -0.05) is 25.5 Å². The molecule has 0 fully saturated rings. The summed E-state index contributed by atoms with van der Waals surface area (Å²) in [6.07, 6.45) is 1.89. The Kier molecular flexibility index (Phi) is 4.11. The first-order valence-electron chi connectivity index (χ1n) is 5.87. The Labute approximate surface area is 120 Å². The van der Waals surface area contributed by atoms with E-state index >= 15 is 0 Å². The van der Waals surface area contributed by atoms with Crippen LogP contribution in [0.4, 0.5) is 5.69 Å². The second-order valence-corrected chi connectivity index (χ2v) is 5.23. The maximum atomic E-state index is 6.08. The summed E-state index contributed by atoms with van der Waals surface area (Å²) in [5.74, 6) is 1.42. The third kappa shape index (κ3) is 2.60. The van der Waals surface area contributed by atoms with E-state index in [-0.39, 0.29) is 0 Å². The van der Waals surface area contributed by atoms with Gasteiger partial charge in [0.15, 0.2) is 0 Å². The maximum Gasteiger partial charge on any atom is 0.241 e. The first-order chi connectivity index (χ1) is 8.63. The Morgan fingerprint density at radius 2 is 2.11 bits per heavy atom. The van der Waals surface area contributed by atoms with Crippen molar-refractivity contribution >= 4 is 28.3 Å². The molecule has 2 aromatic rings. The van der Waals surface area contributed by atoms with E-state index < -0.39 is 0 Å². The summed E-state index contributed by atoms with van der Waals surface area (Å²) in [5, 5.41) is 4.39. The minimum Gasteiger partial charge on any atom is -0.436 e. The van der Waals surface area contributed by atoms with Crippen LogP contribution in [-0.4, -0.2) is 9.78 Å². The highest BCUT2D eigenvalue weighted by Crippen LogP contribution is 2.32. The summed E-state index contributed by atoms with van der Waals surface area (Å²) in [6.45, 7) is 2.11. The number of nitrogens with two attached hydrogens (primary N) is 1. The van der Waals surface area contributed by atoms with Gasteiger partial charge in [-0.3, -0.25) is 0 Å². The van der Waals surface area contributed by atoms with Crippen LogP contribution in [0.2, 0.25) is 0 Å². The minimum atomic E-state index is 0.613. The predicted molar refractivity (Wildman–Crippen MR) is 80.8 cm³/mol. The first kappa shape index (κ1) is 13.2. The molecule has 1 aromatic heterocycles. The van der Waals surface area contributed by atoms with Crippen molar-refractivity contribution in [1.82, 2.24) is 9.78 Å². The summed E-state index contributed by atoms with van der Waals surface area (Å²) < 4.78 is 8.61. The van der Waals surface area contributed by atoms with Crippen molar-refractivity contribution in [2.24, 2.45) is 7.05 Å². The van der Waals surface area contributed by atoms with Crippen LogP contribution in [0.3, 0.4) is 0 Å². The maximum absolute atomic E-state index is 6.08. The predicted octanol–water partition coefficient (Wildman–Crippen LogP) is 3.35. The zero-order valence-electron chi connectivity index (χ0n) is 10.5. The van der Waals surface area contributed by atoms with Gasteiger partial charge in [0.1, 0.15) is 11.4 Å². The highest BCUT2D eigenvalue weighted by atomic mass is 127. The molecular formula is C13H16IN3O. The number of halogens is 1. The van der Waals surface area contributed by atoms with Gasteiger partial charge in [-0.05, 0) is 41.1 Å². The molecule has 0 aliphatic rings. The molecule has 0 bridgehead atoms. The van der Waals surface area contributed by atoms with Gasteiger partial charge in [0.25, 0.3) is 0 Å². The Morgan fingerprint density at radius 1 is 1.39 bits per heavy atom. The van der Waals surface area contributed by atoms with Gasteiger partial charge in [-0.25, -0.2) is 4.68 Å². The second-order valence-electron chi connectivity index (χ2n) is 4.07. The van der Waals surface area contributed by atoms with Crippen LogP contribution in [0, 0.1) is 3.57 Å². The average Bonchev–Trinajstić information content (AvgIpc) is 2.60. The highest BCUT2D eigenvalue weighted by molar-refractivity contribution is 14.1. The molecule has 1 heterocycles. The van der Waals surface area contributed by atoms with E-state index in [0.717, 1.165) is 27.9 Å². The number of hydrogen-bond acceptors (Lipinski definition) is 3. The van der Waals surface area contributed by atoms with Gasteiger partial charge >= 0.3 is 0 Å². The summed E-state index contributed by atoms with van der Waals surface area (Å²) >= 11 is 2.24. The lowest BCUT2D eigenvalue weighted by molar-refractivity contribution is 0.430. The largest absolute Gasteiger partial charge is 0.436 e. The van der Waals surface area contributed by atoms with Crippen LogP contribution < -0.4 is 10.5 Å². The SMILES string of the molecule is CCCc1nn(C)c(Oc2ccccc2I)c1N. The molecule has 0 unspecified atom stereocenters. The highest BCUT2D eigenvalue weighted by Gasteiger charge is 2.15. The van der Waals surface area contributed by atoms with E-state index in [1.807, 2.05) is 31.3 Å². The molecule has 0 aliphatic heterocycles. The van der Waals surface area contributed by atoms with Crippen molar-refractivity contribution in [3.63, 3.8) is 0 Å². The Bertz CT molecular complexity index is 551. The molecule has 0 radical (unpaired) electrons. The molecule has 4 nitrogen and oxygen atoms in total. The van der Waals surface area contributed by atoms with Crippen molar-refractivity contribution < 1.29 is 4.74 Å². The lowest BCUT2D eigenvalue weighted by atomic mass is 10.2. The standard InChI is InChI=1S/C13H16IN3O/c1-3-6-10-12(15)13(17(2)16-10)18-11-8-5-4-7-9(11)14/h4-5,7-8H,3,6,15H2,1-2H3. The molecule has 0 atom stereocenters. The third-order valence-corrected chi connectivity index (χ3v) is 3.53. The van der Waals surface area contributed by atoms with Crippen LogP contribution in [-0.2, 0) is 13.5 Å². The number of aryl methyl sites for hydroxylation is 2. The van der Waals surface area contributed by atoms with Crippen LogP contribution in [0.1, 0.15) is 19.0 Å². The fourth-order valence-corrected chi connectivity index (χ4v) is 2.25. The molecule has 0 aliphatic carbocycles. The van der Waals surface area contributed by atoms with Gasteiger partial charge in [0, 0.05) is 7.05 Å². The molecular weight excluding hydrogens is 341 g/mol. The number of nitrogens with zero attached hydrogens (tertiary/aromatic N) is 2. The van der Waals surface area contributed by atoms with E-state index in [9.17, 15) is 0 Å². The summed E-state index contributed by atoms with van der Waals surface area (Å²) in [5.41, 5.74) is 7.62. The van der Waals surface area contributed by atoms with E-state index in [1.54, 1.807) is 4.68 Å². The van der Waals surface area contributed by atoms with Gasteiger partial charge in [-0.15, -0.1) is 0 Å². The smallest absolute Gasteiger partial charge is 0.241 e. The van der Waals surface area contributed by atoms with E-state index in [2.05, 4.69) is 34.6 Å². The molecule has 96 valence electrons. The Morgan fingerprint density at radius 3 is 2.78 bits per heavy atom. The molecule has 5 heteroatoms. The Hall–Kier alpha value is -1.24. The number of anilines is 1. The van der Waals surface area contributed by atoms with E-state index in [1.165, 1.54) is 0 Å². The molecule has 0 saturated heterocycles. The number of benzene rings is 1. The van der Waals surface area contributed by atoms with Crippen LogP contribution >= 0.6 is 22.6 Å². The van der Waals surface area contributed by atoms with Crippen molar-refractivity contribution in [2.45, 2.75) is 19.8 Å². The monoisotopic (exact) mass is 357 g/mol. The van der Waals surface area contributed by atoms with Gasteiger partial charge in [-0.2, -0.15) is 5.10 Å². The molecule has 0 amide bonds. The number of hydrogen-bond donors (Lipinski definition) is 1. The fraction of sp³-hybridized carbons (Fsp3) is 0.308. The van der Waals surface area contributed by atoms with Crippen molar-refractivity contribution in [3.05, 3.63) is 33.5 Å². The van der Waals surface area contributed by atoms with Crippen molar-refractivity contribution in [3.8, 4) is 11.6 Å². The van der Waals surface area contributed by atoms with Crippen LogP contribution in [0.25, 0.3) is 0 Å². The molecule has 2 N–H and O–H groups in total. The lowest BCUT2D eigenvalue weighted by Gasteiger charge is -2.08. The van der Waals surface area contributed by atoms with Crippen LogP contribution in [0.5, 0.6) is 11.6 Å². The summed E-state index contributed by atoms with van der Waals surface area (Å²) in [7, 11) is 1.85. The second kappa shape index (κ2) is 5.60. The summed E-state index contributed by atoms with van der Waals surface area (Å²) in [6, 6.07) is 7.84. The van der Waals surface area contributed by atoms with Crippen LogP contribution in [0.15, 0.2) is 24.3 Å². The number of para-hydroxylation sites is 1. The molecule has 2 rings (SSSR count). The lowest BCUT2D eigenvalue weighted by Crippen LogP contribution is -1.98. The van der Waals surface area contributed by atoms with Crippen molar-refractivity contribution in [1.29, 1.82) is 0 Å². The fourth-order valence-electron chi connectivity index (χ4n) is 1.75. The average molecular weight is 357 g/mol. The molecule has 1 aromatic carbocycles. The third-order valence-electron chi connectivity index (χ3n) is 2.64.